The van der Waals surface area contributed by atoms with Gasteiger partial charge in [0, 0.05) is 13.3 Å². The first-order chi connectivity index (χ1) is 7.81. The third-order valence-electron chi connectivity index (χ3n) is 2.40. The van der Waals surface area contributed by atoms with Crippen LogP contribution in [-0.4, -0.2) is 40.5 Å². The molecule has 3 nitrogen and oxygen atoms in total. The van der Waals surface area contributed by atoms with Gasteiger partial charge in [-0.1, -0.05) is 27.7 Å². The molecule has 104 valence electrons. The normalized spacial score (nSPS) is 25.4. The maximum Gasteiger partial charge on any atom is 0.267 e. The highest BCUT2D eigenvalue weighted by atomic mass is 19.3. The summed E-state index contributed by atoms with van der Waals surface area (Å²) in [5.41, 5.74) is -1.10. The molecule has 0 bridgehead atoms. The van der Waals surface area contributed by atoms with Crippen LogP contribution in [0, 0.1) is 0 Å². The van der Waals surface area contributed by atoms with Gasteiger partial charge in [-0.3, -0.25) is 4.79 Å². The Labute approximate surface area is 103 Å². The number of likely N-dealkylation sites (tertiary alicyclic amines) is 1. The summed E-state index contributed by atoms with van der Waals surface area (Å²) in [5, 5.41) is 8.95. The summed E-state index contributed by atoms with van der Waals surface area (Å²) in [6, 6.07) is 0. The smallest absolute Gasteiger partial charge is 0.267 e. The molecular formula is C12H25F2NO2. The van der Waals surface area contributed by atoms with E-state index < -0.39 is 36.9 Å². The summed E-state index contributed by atoms with van der Waals surface area (Å²) in [4.78, 5) is 12.0. The maximum absolute atomic E-state index is 12.9. The van der Waals surface area contributed by atoms with Crippen LogP contribution in [-0.2, 0) is 4.79 Å². The SMILES string of the molecule is CC.CC.CC(=O)N1CC(F)(F)CC1(C)CO. The van der Waals surface area contributed by atoms with Crippen LogP contribution in [0.4, 0.5) is 8.78 Å². The second kappa shape index (κ2) is 7.58. The third kappa shape index (κ3) is 4.98. The van der Waals surface area contributed by atoms with Crippen LogP contribution in [0.15, 0.2) is 0 Å². The van der Waals surface area contributed by atoms with Gasteiger partial charge in [-0.15, -0.1) is 0 Å². The van der Waals surface area contributed by atoms with Crippen molar-refractivity contribution in [3.8, 4) is 0 Å². The van der Waals surface area contributed by atoms with Gasteiger partial charge < -0.3 is 10.0 Å². The fraction of sp³-hybridized carbons (Fsp3) is 0.917. The van der Waals surface area contributed by atoms with Gasteiger partial charge in [0.1, 0.15) is 0 Å². The molecule has 1 rings (SSSR count). The van der Waals surface area contributed by atoms with Crippen molar-refractivity contribution in [3.63, 3.8) is 0 Å². The highest BCUT2D eigenvalue weighted by Crippen LogP contribution is 2.38. The Hall–Kier alpha value is -0.710. The van der Waals surface area contributed by atoms with Crippen molar-refractivity contribution in [3.05, 3.63) is 0 Å². The Morgan fingerprint density at radius 2 is 1.71 bits per heavy atom. The summed E-state index contributed by atoms with van der Waals surface area (Å²) < 4.78 is 25.9. The van der Waals surface area contributed by atoms with Crippen LogP contribution in [0.5, 0.6) is 0 Å². The van der Waals surface area contributed by atoms with E-state index in [-0.39, 0.29) is 0 Å². The van der Waals surface area contributed by atoms with Crippen LogP contribution in [0.2, 0.25) is 0 Å². The predicted octanol–water partition coefficient (Wildman–Crippen LogP) is 2.68. The number of carbonyl (C=O) groups excluding carboxylic acids is 1. The summed E-state index contributed by atoms with van der Waals surface area (Å²) in [5.74, 6) is -3.29. The standard InChI is InChI=1S/C8H13F2NO2.2C2H6/c1-6(13)11-4-8(9,10)3-7(11,2)5-12;2*1-2/h12H,3-5H2,1-2H3;2*1-2H3. The Morgan fingerprint density at radius 1 is 1.29 bits per heavy atom. The lowest BCUT2D eigenvalue weighted by atomic mass is 9.99. The van der Waals surface area contributed by atoms with Gasteiger partial charge in [-0.25, -0.2) is 8.78 Å². The molecule has 1 amide bonds. The second-order valence-electron chi connectivity index (χ2n) is 3.79. The highest BCUT2D eigenvalue weighted by Gasteiger charge is 2.52. The minimum absolute atomic E-state index is 0.422. The van der Waals surface area contributed by atoms with Crippen molar-refractivity contribution in [2.75, 3.05) is 13.2 Å². The molecule has 0 radical (unpaired) electrons. The van der Waals surface area contributed by atoms with Gasteiger partial charge in [0.25, 0.3) is 5.92 Å². The van der Waals surface area contributed by atoms with Crippen LogP contribution in [0.1, 0.15) is 48.0 Å². The van der Waals surface area contributed by atoms with Crippen LogP contribution in [0.25, 0.3) is 0 Å². The summed E-state index contributed by atoms with van der Waals surface area (Å²) in [6.45, 7) is 9.69. The molecule has 1 N–H and O–H groups in total. The second-order valence-corrected chi connectivity index (χ2v) is 3.79. The van der Waals surface area contributed by atoms with E-state index in [9.17, 15) is 13.6 Å². The largest absolute Gasteiger partial charge is 0.394 e. The fourth-order valence-corrected chi connectivity index (χ4v) is 1.76. The van der Waals surface area contributed by atoms with Crippen molar-refractivity contribution in [1.82, 2.24) is 4.90 Å². The Morgan fingerprint density at radius 3 is 1.94 bits per heavy atom. The molecule has 0 aliphatic carbocycles. The number of hydrogen-bond acceptors (Lipinski definition) is 2. The molecule has 0 aromatic heterocycles. The topological polar surface area (TPSA) is 40.5 Å². The first kappa shape index (κ1) is 18.6. The van der Waals surface area contributed by atoms with E-state index in [1.54, 1.807) is 0 Å². The molecule has 1 aliphatic heterocycles. The zero-order chi connectivity index (χ0) is 14.3. The fourth-order valence-electron chi connectivity index (χ4n) is 1.76. The molecule has 1 heterocycles. The average molecular weight is 253 g/mol. The average Bonchev–Trinajstić information content (AvgIpc) is 2.55. The molecule has 0 aromatic rings. The summed E-state index contributed by atoms with van der Waals surface area (Å²) in [6.07, 6.45) is -0.462. The van der Waals surface area contributed by atoms with Gasteiger partial charge in [0.2, 0.25) is 5.91 Å². The lowest BCUT2D eigenvalue weighted by Crippen LogP contribution is -2.46. The van der Waals surface area contributed by atoms with Crippen molar-refractivity contribution >= 4 is 5.91 Å². The third-order valence-corrected chi connectivity index (χ3v) is 2.40. The Balaban J connectivity index is 0. The number of aliphatic hydroxyl groups is 1. The molecule has 0 spiro atoms. The van der Waals surface area contributed by atoms with Crippen molar-refractivity contribution in [1.29, 1.82) is 0 Å². The minimum atomic E-state index is -2.87. The molecule has 1 fully saturated rings. The quantitative estimate of drug-likeness (QED) is 0.780. The number of carbonyl (C=O) groups is 1. The molecule has 0 saturated carbocycles. The van der Waals surface area contributed by atoms with Crippen molar-refractivity contribution < 1.29 is 18.7 Å². The van der Waals surface area contributed by atoms with Crippen LogP contribution in [0.3, 0.4) is 0 Å². The Bertz CT molecular complexity index is 235. The zero-order valence-electron chi connectivity index (χ0n) is 11.7. The number of aliphatic hydroxyl groups excluding tert-OH is 1. The molecule has 1 unspecified atom stereocenters. The number of nitrogens with zero attached hydrogens (tertiary/aromatic N) is 1. The van der Waals surface area contributed by atoms with Crippen molar-refractivity contribution in [2.45, 2.75) is 59.4 Å². The van der Waals surface area contributed by atoms with Crippen LogP contribution < -0.4 is 0 Å². The van der Waals surface area contributed by atoms with Gasteiger partial charge in [-0.05, 0) is 6.92 Å². The molecule has 1 aliphatic rings. The monoisotopic (exact) mass is 253 g/mol. The zero-order valence-corrected chi connectivity index (χ0v) is 11.7. The molecule has 5 heteroatoms. The van der Waals surface area contributed by atoms with Crippen LogP contribution >= 0.6 is 0 Å². The lowest BCUT2D eigenvalue weighted by molar-refractivity contribution is -0.134. The molecule has 17 heavy (non-hydrogen) atoms. The lowest BCUT2D eigenvalue weighted by Gasteiger charge is -2.31. The number of alkyl halides is 2. The first-order valence-corrected chi connectivity index (χ1v) is 6.08. The van der Waals surface area contributed by atoms with E-state index >= 15 is 0 Å². The summed E-state index contributed by atoms with van der Waals surface area (Å²) in [7, 11) is 0. The maximum atomic E-state index is 12.9. The minimum Gasteiger partial charge on any atom is -0.394 e. The molecular weight excluding hydrogens is 228 g/mol. The van der Waals surface area contributed by atoms with E-state index in [1.165, 1.54) is 13.8 Å². The number of hydrogen-bond donors (Lipinski definition) is 1. The van der Waals surface area contributed by atoms with E-state index in [0.29, 0.717) is 0 Å². The van der Waals surface area contributed by atoms with Gasteiger partial charge >= 0.3 is 0 Å². The Kier molecular flexibility index (Phi) is 8.32. The van der Waals surface area contributed by atoms with E-state index in [2.05, 4.69) is 0 Å². The van der Waals surface area contributed by atoms with E-state index in [1.807, 2.05) is 27.7 Å². The van der Waals surface area contributed by atoms with Gasteiger partial charge in [0.05, 0.1) is 18.7 Å². The number of halogens is 2. The molecule has 1 saturated heterocycles. The van der Waals surface area contributed by atoms with E-state index in [0.717, 1.165) is 4.90 Å². The number of rotatable bonds is 1. The predicted molar refractivity (Wildman–Crippen MR) is 65.1 cm³/mol. The first-order valence-electron chi connectivity index (χ1n) is 6.08. The molecule has 0 aromatic carbocycles. The molecule has 1 atom stereocenters. The summed E-state index contributed by atoms with van der Waals surface area (Å²) >= 11 is 0. The van der Waals surface area contributed by atoms with Gasteiger partial charge in [0.15, 0.2) is 0 Å². The number of amides is 1. The van der Waals surface area contributed by atoms with Crippen molar-refractivity contribution in [2.24, 2.45) is 0 Å². The van der Waals surface area contributed by atoms with Gasteiger partial charge in [-0.2, -0.15) is 0 Å². The highest BCUT2D eigenvalue weighted by molar-refractivity contribution is 5.74. The van der Waals surface area contributed by atoms with E-state index in [4.69, 9.17) is 5.11 Å².